The van der Waals surface area contributed by atoms with E-state index in [2.05, 4.69) is 0 Å². The van der Waals surface area contributed by atoms with Gasteiger partial charge in [0.2, 0.25) is 0 Å². The normalized spacial score (nSPS) is 9.75. The third kappa shape index (κ3) is 1.32. The van der Waals surface area contributed by atoms with Crippen molar-refractivity contribution in [2.24, 2.45) is 0 Å². The summed E-state index contributed by atoms with van der Waals surface area (Å²) < 4.78 is 0. The first-order valence-corrected chi connectivity index (χ1v) is 3.34. The number of aromatic hydroxyl groups is 2. The first-order chi connectivity index (χ1) is 5.52. The first kappa shape index (κ1) is 8.39. The highest BCUT2D eigenvalue weighted by molar-refractivity contribution is 5.98. The van der Waals surface area contributed by atoms with Gasteiger partial charge in [0, 0.05) is 6.07 Å². The van der Waals surface area contributed by atoms with Crippen molar-refractivity contribution in [2.45, 2.75) is 6.92 Å². The maximum absolute atomic E-state index is 10.8. The molecule has 0 fully saturated rings. The average Bonchev–Trinajstić information content (AvgIpc) is 1.96. The summed E-state index contributed by atoms with van der Waals surface area (Å²) >= 11 is 0. The summed E-state index contributed by atoms with van der Waals surface area (Å²) in [4.78, 5) is 10.8. The van der Waals surface area contributed by atoms with E-state index in [1.54, 1.807) is 0 Å². The Hall–Kier alpha value is -1.71. The lowest BCUT2D eigenvalue weighted by Crippen LogP contribution is -1.95. The highest BCUT2D eigenvalue weighted by atomic mass is 16.3. The van der Waals surface area contributed by atoms with E-state index in [-0.39, 0.29) is 28.5 Å². The fourth-order valence-electron chi connectivity index (χ4n) is 0.876. The number of ketones is 1. The second-order valence-electron chi connectivity index (χ2n) is 2.48. The highest BCUT2D eigenvalue weighted by Gasteiger charge is 2.09. The van der Waals surface area contributed by atoms with Crippen LogP contribution in [0.25, 0.3) is 0 Å². The second-order valence-corrected chi connectivity index (χ2v) is 2.48. The molecule has 1 aromatic rings. The van der Waals surface area contributed by atoms with E-state index in [0.29, 0.717) is 0 Å². The van der Waals surface area contributed by atoms with E-state index >= 15 is 0 Å². The molecule has 4 N–H and O–H groups in total. The second kappa shape index (κ2) is 2.73. The molecule has 0 heterocycles. The third-order valence-electron chi connectivity index (χ3n) is 1.52. The molecule has 12 heavy (non-hydrogen) atoms. The van der Waals surface area contributed by atoms with Gasteiger partial charge in [-0.3, -0.25) is 4.79 Å². The van der Waals surface area contributed by atoms with Crippen LogP contribution >= 0.6 is 0 Å². The third-order valence-corrected chi connectivity index (χ3v) is 1.52. The lowest BCUT2D eigenvalue weighted by atomic mass is 10.1. The number of nitrogen functional groups attached to an aromatic ring is 1. The smallest absolute Gasteiger partial charge is 0.163 e. The Kier molecular flexibility index (Phi) is 1.91. The molecule has 0 aliphatic carbocycles. The number of hydrogen-bond acceptors (Lipinski definition) is 4. The van der Waals surface area contributed by atoms with Crippen molar-refractivity contribution in [2.75, 3.05) is 5.73 Å². The number of carbonyl (C=O) groups is 1. The van der Waals surface area contributed by atoms with Gasteiger partial charge >= 0.3 is 0 Å². The van der Waals surface area contributed by atoms with Crippen LogP contribution in [0.4, 0.5) is 5.69 Å². The van der Waals surface area contributed by atoms with Crippen LogP contribution in [0, 0.1) is 0 Å². The summed E-state index contributed by atoms with van der Waals surface area (Å²) in [7, 11) is 0. The van der Waals surface area contributed by atoms with Gasteiger partial charge in [-0.1, -0.05) is 0 Å². The van der Waals surface area contributed by atoms with Crippen molar-refractivity contribution in [3.8, 4) is 11.5 Å². The van der Waals surface area contributed by atoms with E-state index in [9.17, 15) is 4.79 Å². The summed E-state index contributed by atoms with van der Waals surface area (Å²) in [5.41, 5.74) is 5.51. The number of anilines is 1. The van der Waals surface area contributed by atoms with Crippen molar-refractivity contribution in [3.05, 3.63) is 17.7 Å². The van der Waals surface area contributed by atoms with Crippen LogP contribution in [0.15, 0.2) is 12.1 Å². The van der Waals surface area contributed by atoms with Crippen molar-refractivity contribution in [1.29, 1.82) is 0 Å². The zero-order valence-corrected chi connectivity index (χ0v) is 6.53. The Morgan fingerprint density at radius 2 is 1.92 bits per heavy atom. The van der Waals surface area contributed by atoms with Crippen LogP contribution in [0.3, 0.4) is 0 Å². The van der Waals surface area contributed by atoms with Gasteiger partial charge in [0.05, 0.1) is 11.3 Å². The summed E-state index contributed by atoms with van der Waals surface area (Å²) in [5, 5.41) is 18.2. The van der Waals surface area contributed by atoms with Crippen molar-refractivity contribution < 1.29 is 15.0 Å². The SMILES string of the molecule is CC(=O)c1cc(N)c(O)cc1O. The van der Waals surface area contributed by atoms with E-state index < -0.39 is 0 Å². The summed E-state index contributed by atoms with van der Waals surface area (Å²) in [6.07, 6.45) is 0. The maximum atomic E-state index is 10.8. The van der Waals surface area contributed by atoms with E-state index in [0.717, 1.165) is 6.07 Å². The molecule has 0 aliphatic heterocycles. The maximum Gasteiger partial charge on any atom is 0.163 e. The summed E-state index contributed by atoms with van der Waals surface area (Å²) in [5.74, 6) is -0.772. The van der Waals surface area contributed by atoms with Gasteiger partial charge in [-0.2, -0.15) is 0 Å². The van der Waals surface area contributed by atoms with Crippen LogP contribution in [-0.4, -0.2) is 16.0 Å². The molecule has 1 aromatic carbocycles. The van der Waals surface area contributed by atoms with E-state index in [4.69, 9.17) is 15.9 Å². The number of hydrogen-bond donors (Lipinski definition) is 3. The summed E-state index contributed by atoms with van der Waals surface area (Å²) in [6.45, 7) is 1.31. The molecule has 0 aromatic heterocycles. The fraction of sp³-hybridized carbons (Fsp3) is 0.125. The number of phenolic OH excluding ortho intramolecular Hbond substituents is 2. The quantitative estimate of drug-likeness (QED) is 0.251. The van der Waals surface area contributed by atoms with Crippen LogP contribution < -0.4 is 5.73 Å². The molecule has 0 aliphatic rings. The Balaban J connectivity index is 3.33. The fourth-order valence-corrected chi connectivity index (χ4v) is 0.876. The van der Waals surface area contributed by atoms with E-state index in [1.165, 1.54) is 13.0 Å². The Morgan fingerprint density at radius 1 is 1.33 bits per heavy atom. The average molecular weight is 167 g/mol. The molecular formula is C8H9NO3. The van der Waals surface area contributed by atoms with Gasteiger partial charge in [-0.15, -0.1) is 0 Å². The van der Waals surface area contributed by atoms with E-state index in [1.807, 2.05) is 0 Å². The lowest BCUT2D eigenvalue weighted by molar-refractivity contribution is 0.101. The molecule has 0 spiro atoms. The molecule has 0 amide bonds. The highest BCUT2D eigenvalue weighted by Crippen LogP contribution is 2.29. The predicted octanol–water partition coefficient (Wildman–Crippen LogP) is 0.883. The van der Waals surface area contributed by atoms with Crippen LogP contribution in [0.1, 0.15) is 17.3 Å². The molecule has 0 radical (unpaired) electrons. The van der Waals surface area contributed by atoms with Crippen molar-refractivity contribution in [1.82, 2.24) is 0 Å². The number of benzene rings is 1. The van der Waals surface area contributed by atoms with Gasteiger partial charge < -0.3 is 15.9 Å². The van der Waals surface area contributed by atoms with Gasteiger partial charge in [0.15, 0.2) is 5.78 Å². The number of phenols is 2. The predicted molar refractivity (Wildman–Crippen MR) is 44.2 cm³/mol. The lowest BCUT2D eigenvalue weighted by Gasteiger charge is -2.03. The largest absolute Gasteiger partial charge is 0.507 e. The minimum Gasteiger partial charge on any atom is -0.507 e. The van der Waals surface area contributed by atoms with Crippen LogP contribution in [0.2, 0.25) is 0 Å². The minimum absolute atomic E-state index is 0.0815. The van der Waals surface area contributed by atoms with Crippen molar-refractivity contribution >= 4 is 11.5 Å². The number of rotatable bonds is 1. The molecule has 1 rings (SSSR count). The molecular weight excluding hydrogens is 158 g/mol. The zero-order chi connectivity index (χ0) is 9.30. The zero-order valence-electron chi connectivity index (χ0n) is 6.53. The monoisotopic (exact) mass is 167 g/mol. The van der Waals surface area contributed by atoms with Crippen LogP contribution in [0.5, 0.6) is 11.5 Å². The Morgan fingerprint density at radius 3 is 2.42 bits per heavy atom. The van der Waals surface area contributed by atoms with Gasteiger partial charge in [-0.25, -0.2) is 0 Å². The summed E-state index contributed by atoms with van der Waals surface area (Å²) in [6, 6.07) is 2.29. The molecule has 0 bridgehead atoms. The molecule has 4 heteroatoms. The molecule has 0 saturated carbocycles. The molecule has 4 nitrogen and oxygen atoms in total. The molecule has 64 valence electrons. The topological polar surface area (TPSA) is 83.6 Å². The Labute approximate surface area is 69.3 Å². The molecule has 0 saturated heterocycles. The standard InChI is InChI=1S/C8H9NO3/c1-4(10)5-2-6(9)8(12)3-7(5)11/h2-3,11-12H,9H2,1H3. The number of nitrogens with two attached hydrogens (primary N) is 1. The van der Waals surface area contributed by atoms with Crippen molar-refractivity contribution in [3.63, 3.8) is 0 Å². The van der Waals surface area contributed by atoms with Gasteiger partial charge in [-0.05, 0) is 13.0 Å². The minimum atomic E-state index is -0.292. The van der Waals surface area contributed by atoms with Gasteiger partial charge in [0.25, 0.3) is 0 Å². The molecule has 0 atom stereocenters. The number of carbonyl (C=O) groups excluding carboxylic acids is 1. The van der Waals surface area contributed by atoms with Gasteiger partial charge in [0.1, 0.15) is 11.5 Å². The molecule has 0 unspecified atom stereocenters. The number of Topliss-reactive ketones (excluding diaryl/α,β-unsaturated/α-hetero) is 1. The first-order valence-electron chi connectivity index (χ1n) is 3.34. The Bertz CT molecular complexity index is 333. The van der Waals surface area contributed by atoms with Crippen LogP contribution in [-0.2, 0) is 0 Å².